The van der Waals surface area contributed by atoms with Crippen molar-refractivity contribution in [2.45, 2.75) is 7.40 Å². The lowest BCUT2D eigenvalue weighted by Gasteiger charge is -2.19. The zero-order valence-corrected chi connectivity index (χ0v) is 10.6. The van der Waals surface area contributed by atoms with Gasteiger partial charge in [0.1, 0.15) is 5.75 Å². The van der Waals surface area contributed by atoms with Crippen LogP contribution in [0.2, 0.25) is 0 Å². The molecule has 0 saturated heterocycles. The number of anilines is 2. The van der Waals surface area contributed by atoms with E-state index >= 15 is 0 Å². The number of para-hydroxylation sites is 1. The van der Waals surface area contributed by atoms with Crippen LogP contribution in [-0.4, -0.2) is 14.2 Å². The number of ether oxygens (including phenoxy) is 1. The first-order valence-corrected chi connectivity index (χ1v) is 5.24. The summed E-state index contributed by atoms with van der Waals surface area (Å²) in [5, 5.41) is 0. The van der Waals surface area contributed by atoms with Crippen molar-refractivity contribution in [2.75, 3.05) is 19.1 Å². The monoisotopic (exact) mass is 238 g/mol. The third-order valence-electron chi connectivity index (χ3n) is 2.60. The van der Waals surface area contributed by atoms with Crippen LogP contribution in [0.3, 0.4) is 0 Å². The molecule has 0 amide bonds. The van der Waals surface area contributed by atoms with Gasteiger partial charge < -0.3 is 9.64 Å². The predicted molar refractivity (Wildman–Crippen MR) is 78.5 cm³/mol. The lowest BCUT2D eigenvalue weighted by Crippen LogP contribution is -2.08. The second-order valence-electron chi connectivity index (χ2n) is 3.59. The molecule has 0 aliphatic heterocycles. The van der Waals surface area contributed by atoms with Crippen LogP contribution in [0.5, 0.6) is 5.75 Å². The first-order chi connectivity index (χ1) is 10.8. The van der Waals surface area contributed by atoms with E-state index in [4.69, 9.17) is 12.0 Å². The van der Waals surface area contributed by atoms with Crippen molar-refractivity contribution >= 4 is 11.4 Å². The van der Waals surface area contributed by atoms with Crippen molar-refractivity contribution in [1.29, 1.82) is 0 Å². The molecule has 0 unspecified atom stereocenters. The van der Waals surface area contributed by atoms with Gasteiger partial charge in [0, 0.05) is 25.7 Å². The Balaban J connectivity index is 0. The number of rotatable bonds is 3. The van der Waals surface area contributed by atoms with Gasteiger partial charge in [-0.1, -0.05) is 25.6 Å². The molecular formula is C15H23NO. The van der Waals surface area contributed by atoms with E-state index in [9.17, 15) is 0 Å². The summed E-state index contributed by atoms with van der Waals surface area (Å²) in [6.45, 7) is 0. The Hall–Kier alpha value is -1.96. The van der Waals surface area contributed by atoms with Crippen LogP contribution in [-0.2, 0) is 0 Å². The molecule has 94 valence electrons. The van der Waals surface area contributed by atoms with E-state index in [1.54, 1.807) is 7.11 Å². The Kier molecular flexibility index (Phi) is 3.19. The molecule has 0 fully saturated rings. The van der Waals surface area contributed by atoms with E-state index in [1.165, 1.54) is 13.1 Å². The lowest BCUT2D eigenvalue weighted by atomic mass is 10.2. The van der Waals surface area contributed by atoms with Gasteiger partial charge in [-0.3, -0.25) is 0 Å². The van der Waals surface area contributed by atoms with Gasteiger partial charge >= 0.3 is 0 Å². The average Bonchev–Trinajstić information content (AvgIpc) is 2.67. The molecule has 0 atom stereocenters. The summed E-state index contributed by atoms with van der Waals surface area (Å²) in [6.07, 6.45) is 0. The Morgan fingerprint density at radius 3 is 2.12 bits per heavy atom. The fourth-order valence-electron chi connectivity index (χ4n) is 1.61. The van der Waals surface area contributed by atoms with Crippen LogP contribution in [0.25, 0.3) is 0 Å². The van der Waals surface area contributed by atoms with Crippen LogP contribution >= 0.6 is 0 Å². The van der Waals surface area contributed by atoms with E-state index < -0.39 is 0 Å². The maximum Gasteiger partial charge on any atom is 0.119 e. The second-order valence-corrected chi connectivity index (χ2v) is 3.59. The van der Waals surface area contributed by atoms with Crippen molar-refractivity contribution < 1.29 is 12.0 Å². The van der Waals surface area contributed by atoms with Gasteiger partial charge in [-0.25, -0.2) is 0 Å². The van der Waals surface area contributed by atoms with Crippen LogP contribution in [0, 0.1) is 0 Å². The lowest BCUT2D eigenvalue weighted by molar-refractivity contribution is 0.415. The quantitative estimate of drug-likeness (QED) is 0.775. The number of hydrogen-bond acceptors (Lipinski definition) is 2. The third-order valence-corrected chi connectivity index (χ3v) is 2.60. The maximum absolute atomic E-state index is 5.75. The smallest absolute Gasteiger partial charge is 0.119 e. The summed E-state index contributed by atoms with van der Waals surface area (Å²) < 4.78 is 30.9. The molecule has 2 aromatic rings. The van der Waals surface area contributed by atoms with Crippen LogP contribution in [0.15, 0.2) is 54.6 Å². The minimum Gasteiger partial charge on any atom is -0.497 e. The van der Waals surface area contributed by atoms with Crippen molar-refractivity contribution in [3.63, 3.8) is 0 Å². The van der Waals surface area contributed by atoms with Crippen molar-refractivity contribution in [3.05, 3.63) is 54.6 Å². The van der Waals surface area contributed by atoms with Crippen molar-refractivity contribution in [1.82, 2.24) is 0 Å². The highest BCUT2D eigenvalue weighted by Crippen LogP contribution is 2.24. The molecular weight excluding hydrogens is 210 g/mol. The standard InChI is InChI=1S/C14H15NO.CH4.2H2/c1-15(12-6-4-3-5-7-12)13-8-10-14(16-2)11-9-13;;;/h3-11H,1-2H3;1H4;2*1H/i;1D;2*1+1D. The third kappa shape index (κ3) is 3.00. The minimum atomic E-state index is 0.880. The first kappa shape index (κ1) is 9.11. The normalized spacial score (nSPS) is 10.6. The number of methoxy groups -OCH3 is 1. The van der Waals surface area contributed by atoms with Gasteiger partial charge in [0.05, 0.1) is 7.11 Å². The fourth-order valence-corrected chi connectivity index (χ4v) is 1.61. The molecule has 0 aliphatic carbocycles. The molecule has 2 heteroatoms. The van der Waals surface area contributed by atoms with Gasteiger partial charge in [0.25, 0.3) is 0 Å². The highest BCUT2D eigenvalue weighted by atomic mass is 16.5. The molecule has 2 aromatic carbocycles. The van der Waals surface area contributed by atoms with E-state index in [2.05, 4.69) is 24.1 Å². The zero-order valence-electron chi connectivity index (χ0n) is 15.6. The predicted octanol–water partition coefficient (Wildman–Crippen LogP) is 4.59. The van der Waals surface area contributed by atoms with Gasteiger partial charge in [0.15, 0.2) is 0 Å². The van der Waals surface area contributed by atoms with E-state index in [1.807, 2.05) is 42.5 Å². The molecule has 0 aromatic heterocycles. The maximum atomic E-state index is 5.75. The van der Waals surface area contributed by atoms with E-state index in [0.29, 0.717) is 0 Å². The summed E-state index contributed by atoms with van der Waals surface area (Å²) in [6, 6.07) is 18.3. The van der Waals surface area contributed by atoms with Crippen LogP contribution < -0.4 is 9.64 Å². The molecule has 2 nitrogen and oxygen atoms in total. The number of benzene rings is 2. The Labute approximate surface area is 111 Å². The molecule has 0 bridgehead atoms. The van der Waals surface area contributed by atoms with Crippen LogP contribution in [0.4, 0.5) is 11.4 Å². The first-order valence-electron chi connectivity index (χ1n) is 8.24. The summed E-state index contributed by atoms with van der Waals surface area (Å²) in [5.41, 5.74) is 2.32. The van der Waals surface area contributed by atoms with Crippen molar-refractivity contribution in [3.8, 4) is 5.75 Å². The molecule has 0 N–H and O–H groups in total. The number of hydrogen-bond donors (Lipinski definition) is 0. The Morgan fingerprint density at radius 1 is 1.06 bits per heavy atom. The minimum absolute atomic E-state index is 0.880. The molecule has 0 heterocycles. The molecule has 17 heavy (non-hydrogen) atoms. The largest absolute Gasteiger partial charge is 0.497 e. The summed E-state index contributed by atoms with van der Waals surface area (Å²) in [4.78, 5) is 2.14. The van der Waals surface area contributed by atoms with Gasteiger partial charge in [-0.2, -0.15) is 0 Å². The highest BCUT2D eigenvalue weighted by Gasteiger charge is 2.02. The van der Waals surface area contributed by atoms with Gasteiger partial charge in [0.2, 0.25) is 0 Å². The van der Waals surface area contributed by atoms with Crippen LogP contribution in [0.1, 0.15) is 14.7 Å². The summed E-state index contributed by atoms with van der Waals surface area (Å²) in [7, 11) is 4.98. The molecule has 0 radical (unpaired) electrons. The number of nitrogens with zero attached hydrogens (tertiary/aromatic N) is 1. The van der Waals surface area contributed by atoms with Gasteiger partial charge in [-0.15, -0.1) is 0 Å². The molecule has 0 spiro atoms. The topological polar surface area (TPSA) is 12.5 Å². The molecule has 0 aliphatic rings. The van der Waals surface area contributed by atoms with E-state index in [-0.39, 0.29) is 0 Å². The average molecular weight is 238 g/mol. The Morgan fingerprint density at radius 2 is 1.59 bits per heavy atom. The summed E-state index contributed by atoms with van der Waals surface area (Å²) >= 11 is 0. The zero-order chi connectivity index (χ0) is 17.4. The van der Waals surface area contributed by atoms with E-state index in [0.717, 1.165) is 11.4 Å². The molecule has 0 saturated carbocycles. The van der Waals surface area contributed by atoms with Gasteiger partial charge in [-0.05, 0) is 36.4 Å². The Bertz CT molecular complexity index is 453. The second kappa shape index (κ2) is 5.94. The summed E-state index contributed by atoms with van der Waals surface area (Å²) in [5.74, 6) is 0.880. The SMILES string of the molecule is COc1ccc(N(C)c2ccccc2)cc1.[2H]C.[2H][2H].[2H][2H]. The fraction of sp³-hybridized carbons (Fsp3) is 0.200. The molecule has 2 rings (SSSR count). The highest BCUT2D eigenvalue weighted by molar-refractivity contribution is 5.62. The van der Waals surface area contributed by atoms with Crippen molar-refractivity contribution in [2.24, 2.45) is 0 Å².